The van der Waals surface area contributed by atoms with Crippen molar-refractivity contribution in [2.45, 2.75) is 45.4 Å². The van der Waals surface area contributed by atoms with E-state index in [1.54, 1.807) is 19.2 Å². The van der Waals surface area contributed by atoms with Crippen molar-refractivity contribution in [3.05, 3.63) is 28.8 Å². The van der Waals surface area contributed by atoms with Crippen molar-refractivity contribution in [2.75, 3.05) is 6.61 Å². The number of carbonyl (C=O) groups is 1. The van der Waals surface area contributed by atoms with Gasteiger partial charge in [0.1, 0.15) is 12.8 Å². The molecule has 2 aromatic rings. The van der Waals surface area contributed by atoms with E-state index in [0.717, 1.165) is 6.04 Å². The lowest BCUT2D eigenvalue weighted by Crippen LogP contribution is -2.26. The van der Waals surface area contributed by atoms with Gasteiger partial charge in [0, 0.05) is 20.9 Å². The Kier molecular flexibility index (Phi) is 5.05. The zero-order valence-corrected chi connectivity index (χ0v) is 14.9. The van der Waals surface area contributed by atoms with Gasteiger partial charge in [0.2, 0.25) is 0 Å². The summed E-state index contributed by atoms with van der Waals surface area (Å²) in [6, 6.07) is 1.89. The van der Waals surface area contributed by atoms with Crippen LogP contribution in [0.15, 0.2) is 23.3 Å². The highest BCUT2D eigenvalue weighted by Gasteiger charge is 2.17. The summed E-state index contributed by atoms with van der Waals surface area (Å²) in [7, 11) is -1.16. The predicted octanol–water partition coefficient (Wildman–Crippen LogP) is 2.16. The Morgan fingerprint density at radius 2 is 2.13 bits per heavy atom. The van der Waals surface area contributed by atoms with Crippen LogP contribution in [0.1, 0.15) is 13.0 Å². The van der Waals surface area contributed by atoms with Crippen LogP contribution in [0.5, 0.6) is 0 Å². The Balaban J connectivity index is 2.17. The summed E-state index contributed by atoms with van der Waals surface area (Å²) in [5.41, 5.74) is 0.245. The van der Waals surface area contributed by atoms with E-state index in [4.69, 9.17) is 9.84 Å². The largest absolute Gasteiger partial charge is 0.480 e. The van der Waals surface area contributed by atoms with Crippen LogP contribution in [0.2, 0.25) is 25.7 Å². The number of carboxylic acids is 1. The van der Waals surface area contributed by atoms with E-state index in [1.807, 2.05) is 0 Å². The van der Waals surface area contributed by atoms with Crippen LogP contribution in [0.25, 0.3) is 10.9 Å². The number of aromatic nitrogens is 3. The van der Waals surface area contributed by atoms with Crippen LogP contribution in [0.4, 0.5) is 0 Å². The van der Waals surface area contributed by atoms with E-state index in [1.165, 1.54) is 15.4 Å². The van der Waals surface area contributed by atoms with E-state index < -0.39 is 20.1 Å². The Morgan fingerprint density at radius 1 is 1.43 bits per heavy atom. The van der Waals surface area contributed by atoms with Crippen molar-refractivity contribution < 1.29 is 14.6 Å². The molecule has 0 bridgehead atoms. The highest BCUT2D eigenvalue weighted by atomic mass is 28.3. The number of nitrogens with zero attached hydrogens (tertiary/aromatic N) is 3. The maximum atomic E-state index is 12.4. The molecule has 23 heavy (non-hydrogen) atoms. The van der Waals surface area contributed by atoms with Gasteiger partial charge in [-0.05, 0) is 19.0 Å². The van der Waals surface area contributed by atoms with Crippen LogP contribution in [0.3, 0.4) is 0 Å². The average Bonchev–Trinajstić information content (AvgIpc) is 2.88. The molecular formula is C15H23N3O4Si. The van der Waals surface area contributed by atoms with E-state index >= 15 is 0 Å². The van der Waals surface area contributed by atoms with Gasteiger partial charge in [-0.15, -0.1) is 0 Å². The highest BCUT2D eigenvalue weighted by molar-refractivity contribution is 6.76. The van der Waals surface area contributed by atoms with Crippen LogP contribution in [0, 0.1) is 0 Å². The molecule has 0 aromatic carbocycles. The third-order valence-corrected chi connectivity index (χ3v) is 5.43. The molecule has 2 rings (SSSR count). The molecular weight excluding hydrogens is 314 g/mol. The fraction of sp³-hybridized carbons (Fsp3) is 0.533. The third-order valence-electron chi connectivity index (χ3n) is 3.72. The summed E-state index contributed by atoms with van der Waals surface area (Å²) in [6.45, 7) is 9.07. The van der Waals surface area contributed by atoms with Crippen molar-refractivity contribution in [2.24, 2.45) is 0 Å². The summed E-state index contributed by atoms with van der Waals surface area (Å²) >= 11 is 0. The SMILES string of the molecule is CC(C(=O)O)n1ccc2c(=O)n(COCC[Si](C)(C)C)ncc21. The first-order valence-corrected chi connectivity index (χ1v) is 11.3. The summed E-state index contributed by atoms with van der Waals surface area (Å²) in [5.74, 6) is -0.957. The van der Waals surface area contributed by atoms with Gasteiger partial charge in [0.25, 0.3) is 5.56 Å². The van der Waals surface area contributed by atoms with Gasteiger partial charge in [-0.3, -0.25) is 4.79 Å². The van der Waals surface area contributed by atoms with Crippen LogP contribution in [-0.2, 0) is 16.3 Å². The van der Waals surface area contributed by atoms with E-state index in [9.17, 15) is 9.59 Å². The van der Waals surface area contributed by atoms with Gasteiger partial charge in [0.15, 0.2) is 0 Å². The Labute approximate surface area is 135 Å². The zero-order valence-electron chi connectivity index (χ0n) is 13.9. The second kappa shape index (κ2) is 6.67. The van der Waals surface area contributed by atoms with Gasteiger partial charge in [-0.2, -0.15) is 5.10 Å². The molecule has 0 aliphatic rings. The van der Waals surface area contributed by atoms with Crippen molar-refractivity contribution in [3.63, 3.8) is 0 Å². The number of fused-ring (bicyclic) bond motifs is 1. The number of hydrogen-bond acceptors (Lipinski definition) is 4. The first kappa shape index (κ1) is 17.4. The smallest absolute Gasteiger partial charge is 0.326 e. The third kappa shape index (κ3) is 4.08. The Hall–Kier alpha value is -1.93. The minimum absolute atomic E-state index is 0.110. The van der Waals surface area contributed by atoms with Crippen molar-refractivity contribution in [1.29, 1.82) is 0 Å². The van der Waals surface area contributed by atoms with Gasteiger partial charge >= 0.3 is 5.97 Å². The van der Waals surface area contributed by atoms with Gasteiger partial charge < -0.3 is 14.4 Å². The lowest BCUT2D eigenvalue weighted by Gasteiger charge is -2.15. The lowest BCUT2D eigenvalue weighted by molar-refractivity contribution is -0.140. The van der Waals surface area contributed by atoms with E-state index in [-0.39, 0.29) is 12.3 Å². The predicted molar refractivity (Wildman–Crippen MR) is 90.4 cm³/mol. The molecule has 0 saturated heterocycles. The molecule has 0 aliphatic heterocycles. The van der Waals surface area contributed by atoms with Crippen molar-refractivity contribution >= 4 is 24.9 Å². The Bertz CT molecular complexity index is 760. The molecule has 0 radical (unpaired) electrons. The monoisotopic (exact) mass is 337 g/mol. The zero-order chi connectivity index (χ0) is 17.2. The van der Waals surface area contributed by atoms with Crippen LogP contribution < -0.4 is 5.56 Å². The first-order valence-electron chi connectivity index (χ1n) is 7.58. The standard InChI is InChI=1S/C15H23N3O4Si/c1-11(15(20)21)17-6-5-12-13(17)9-16-18(14(12)19)10-22-7-8-23(2,3)4/h5-6,9,11H,7-8,10H2,1-4H3,(H,20,21). The van der Waals surface area contributed by atoms with Gasteiger partial charge in [0.05, 0.1) is 17.1 Å². The van der Waals surface area contributed by atoms with Crippen LogP contribution >= 0.6 is 0 Å². The second-order valence-electron chi connectivity index (χ2n) is 6.83. The second-order valence-corrected chi connectivity index (χ2v) is 12.5. The highest BCUT2D eigenvalue weighted by Crippen LogP contribution is 2.16. The molecule has 0 spiro atoms. The molecule has 126 valence electrons. The van der Waals surface area contributed by atoms with Gasteiger partial charge in [-0.25, -0.2) is 9.48 Å². The minimum atomic E-state index is -1.16. The Morgan fingerprint density at radius 3 is 2.74 bits per heavy atom. The molecule has 7 nitrogen and oxygen atoms in total. The summed E-state index contributed by atoms with van der Waals surface area (Å²) in [5, 5.41) is 13.6. The van der Waals surface area contributed by atoms with Gasteiger partial charge in [-0.1, -0.05) is 19.6 Å². The van der Waals surface area contributed by atoms with E-state index in [2.05, 4.69) is 24.7 Å². The summed E-state index contributed by atoms with van der Waals surface area (Å²) < 4.78 is 8.35. The number of hydrogen-bond donors (Lipinski definition) is 1. The number of carboxylic acid groups (broad SMARTS) is 1. The lowest BCUT2D eigenvalue weighted by atomic mass is 10.3. The maximum absolute atomic E-state index is 12.4. The molecule has 0 aliphatic carbocycles. The fourth-order valence-electron chi connectivity index (χ4n) is 2.17. The fourth-order valence-corrected chi connectivity index (χ4v) is 2.93. The normalized spacial score (nSPS) is 13.4. The molecule has 0 fully saturated rings. The minimum Gasteiger partial charge on any atom is -0.480 e. The maximum Gasteiger partial charge on any atom is 0.326 e. The number of aliphatic carboxylic acids is 1. The average molecular weight is 337 g/mol. The molecule has 1 unspecified atom stereocenters. The van der Waals surface area contributed by atoms with Crippen LogP contribution in [-0.4, -0.2) is 40.1 Å². The van der Waals surface area contributed by atoms with Crippen molar-refractivity contribution in [3.8, 4) is 0 Å². The molecule has 0 amide bonds. The topological polar surface area (TPSA) is 86.3 Å². The number of rotatable bonds is 7. The molecule has 2 aromatic heterocycles. The van der Waals surface area contributed by atoms with E-state index in [0.29, 0.717) is 17.5 Å². The summed E-state index contributed by atoms with van der Waals surface area (Å²) in [4.78, 5) is 23.5. The first-order chi connectivity index (χ1) is 10.7. The quantitative estimate of drug-likeness (QED) is 0.618. The summed E-state index contributed by atoms with van der Waals surface area (Å²) in [6.07, 6.45) is 3.11. The van der Waals surface area contributed by atoms with Crippen molar-refractivity contribution in [1.82, 2.24) is 14.3 Å². The number of ether oxygens (including phenoxy) is 1. The molecule has 1 atom stereocenters. The molecule has 2 heterocycles. The molecule has 0 saturated carbocycles. The molecule has 8 heteroatoms. The molecule has 1 N–H and O–H groups in total.